The fourth-order valence-corrected chi connectivity index (χ4v) is 1.86. The zero-order chi connectivity index (χ0) is 10.1. The maximum absolute atomic E-state index is 10.7. The number of hydrogen-bond donors (Lipinski definition) is 2. The number of carboxylic acid groups (broad SMARTS) is 1. The van der Waals surface area contributed by atoms with E-state index in [1.54, 1.807) is 18.3 Å². The molecule has 14 heavy (non-hydrogen) atoms. The van der Waals surface area contributed by atoms with E-state index in [9.17, 15) is 4.79 Å². The van der Waals surface area contributed by atoms with Crippen molar-refractivity contribution in [2.75, 3.05) is 6.26 Å². The van der Waals surface area contributed by atoms with E-state index in [1.165, 1.54) is 11.8 Å². The Labute approximate surface area is 84.4 Å². The van der Waals surface area contributed by atoms with Crippen LogP contribution in [0.15, 0.2) is 23.4 Å². The highest BCUT2D eigenvalue weighted by Crippen LogP contribution is 2.24. The predicted octanol–water partition coefficient (Wildman–Crippen LogP) is 1.98. The molecule has 0 aliphatic carbocycles. The molecule has 0 unspecified atom stereocenters. The summed E-state index contributed by atoms with van der Waals surface area (Å²) in [5.41, 5.74) is 1.00. The maximum Gasteiger partial charge on any atom is 0.352 e. The van der Waals surface area contributed by atoms with E-state index >= 15 is 0 Å². The maximum atomic E-state index is 10.7. The Morgan fingerprint density at radius 2 is 2.43 bits per heavy atom. The second-order valence-electron chi connectivity index (χ2n) is 2.77. The smallest absolute Gasteiger partial charge is 0.352 e. The number of carboxylic acids is 1. The zero-order valence-electron chi connectivity index (χ0n) is 7.44. The van der Waals surface area contributed by atoms with Crippen LogP contribution in [0.4, 0.5) is 0 Å². The second kappa shape index (κ2) is 3.34. The third kappa shape index (κ3) is 1.35. The predicted molar refractivity (Wildman–Crippen MR) is 54.8 cm³/mol. The van der Waals surface area contributed by atoms with Gasteiger partial charge in [0.15, 0.2) is 0 Å². The van der Waals surface area contributed by atoms with Crippen molar-refractivity contribution >= 4 is 28.6 Å². The highest BCUT2D eigenvalue weighted by molar-refractivity contribution is 7.98. The summed E-state index contributed by atoms with van der Waals surface area (Å²) in [6.45, 7) is 0. The van der Waals surface area contributed by atoms with Crippen LogP contribution in [-0.4, -0.2) is 27.3 Å². The SMILES string of the molecule is CSc1nccc2[nH]c(C(=O)O)cc12. The minimum atomic E-state index is -0.951. The highest BCUT2D eigenvalue weighted by atomic mass is 32.2. The first-order valence-electron chi connectivity index (χ1n) is 3.97. The normalized spacial score (nSPS) is 10.6. The van der Waals surface area contributed by atoms with E-state index < -0.39 is 5.97 Å². The molecular formula is C9H8N2O2S. The van der Waals surface area contributed by atoms with E-state index in [4.69, 9.17) is 5.11 Å². The van der Waals surface area contributed by atoms with Crippen molar-refractivity contribution < 1.29 is 9.90 Å². The largest absolute Gasteiger partial charge is 0.477 e. The molecule has 0 aromatic carbocycles. The van der Waals surface area contributed by atoms with Crippen molar-refractivity contribution in [3.8, 4) is 0 Å². The third-order valence-corrected chi connectivity index (χ3v) is 2.65. The number of fused-ring (bicyclic) bond motifs is 1. The minimum Gasteiger partial charge on any atom is -0.477 e. The van der Waals surface area contributed by atoms with E-state index in [0.717, 1.165) is 15.9 Å². The summed E-state index contributed by atoms with van der Waals surface area (Å²) >= 11 is 1.50. The number of pyridine rings is 1. The van der Waals surface area contributed by atoms with E-state index in [2.05, 4.69) is 9.97 Å². The number of rotatable bonds is 2. The van der Waals surface area contributed by atoms with Gasteiger partial charge < -0.3 is 10.1 Å². The summed E-state index contributed by atoms with van der Waals surface area (Å²) in [6.07, 6.45) is 3.57. The van der Waals surface area contributed by atoms with Gasteiger partial charge in [0, 0.05) is 11.6 Å². The van der Waals surface area contributed by atoms with Crippen LogP contribution in [0, 0.1) is 0 Å². The summed E-state index contributed by atoms with van der Waals surface area (Å²) in [5, 5.41) is 10.5. The van der Waals surface area contributed by atoms with Crippen molar-refractivity contribution in [2.45, 2.75) is 5.03 Å². The molecule has 2 N–H and O–H groups in total. The minimum absolute atomic E-state index is 0.198. The molecule has 5 heteroatoms. The van der Waals surface area contributed by atoms with Crippen LogP contribution in [0.1, 0.15) is 10.5 Å². The van der Waals surface area contributed by atoms with Crippen LogP contribution < -0.4 is 0 Å². The summed E-state index contributed by atoms with van der Waals surface area (Å²) in [6, 6.07) is 3.37. The van der Waals surface area contributed by atoms with Crippen molar-refractivity contribution in [3.05, 3.63) is 24.0 Å². The molecule has 2 rings (SSSR count). The van der Waals surface area contributed by atoms with Crippen molar-refractivity contribution in [1.82, 2.24) is 9.97 Å². The van der Waals surface area contributed by atoms with Gasteiger partial charge in [0.25, 0.3) is 0 Å². The lowest BCUT2D eigenvalue weighted by atomic mass is 10.3. The zero-order valence-corrected chi connectivity index (χ0v) is 8.26. The number of aromatic amines is 1. The Kier molecular flexibility index (Phi) is 2.17. The molecule has 2 aromatic heterocycles. The number of aromatic carboxylic acids is 1. The molecular weight excluding hydrogens is 200 g/mol. The number of aromatic nitrogens is 2. The van der Waals surface area contributed by atoms with E-state index in [-0.39, 0.29) is 5.69 Å². The molecule has 0 fully saturated rings. The number of nitrogens with one attached hydrogen (secondary N) is 1. The average Bonchev–Trinajstić information content (AvgIpc) is 2.60. The fraction of sp³-hybridized carbons (Fsp3) is 0.111. The summed E-state index contributed by atoms with van der Waals surface area (Å²) in [5.74, 6) is -0.951. The number of hydrogen-bond acceptors (Lipinski definition) is 3. The van der Waals surface area contributed by atoms with Crippen molar-refractivity contribution in [2.24, 2.45) is 0 Å². The Balaban J connectivity index is 2.70. The van der Waals surface area contributed by atoms with Gasteiger partial charge in [-0.3, -0.25) is 0 Å². The van der Waals surface area contributed by atoms with E-state index in [0.29, 0.717) is 0 Å². The van der Waals surface area contributed by atoms with Crippen LogP contribution in [0.2, 0.25) is 0 Å². The van der Waals surface area contributed by atoms with Gasteiger partial charge in [-0.1, -0.05) is 0 Å². The average molecular weight is 208 g/mol. The molecule has 0 bridgehead atoms. The van der Waals surface area contributed by atoms with Gasteiger partial charge in [-0.25, -0.2) is 9.78 Å². The first-order chi connectivity index (χ1) is 6.72. The van der Waals surface area contributed by atoms with Gasteiger partial charge in [0.05, 0.1) is 5.52 Å². The lowest BCUT2D eigenvalue weighted by Crippen LogP contribution is -1.94. The van der Waals surface area contributed by atoms with Gasteiger partial charge >= 0.3 is 5.97 Å². The number of nitrogens with zero attached hydrogens (tertiary/aromatic N) is 1. The van der Waals surface area contributed by atoms with E-state index in [1.807, 2.05) is 6.26 Å². The molecule has 0 saturated carbocycles. The number of thioether (sulfide) groups is 1. The molecule has 0 saturated heterocycles. The molecule has 0 amide bonds. The lowest BCUT2D eigenvalue weighted by molar-refractivity contribution is 0.0691. The fourth-order valence-electron chi connectivity index (χ4n) is 1.31. The van der Waals surface area contributed by atoms with Gasteiger partial charge in [-0.05, 0) is 18.4 Å². The van der Waals surface area contributed by atoms with Crippen LogP contribution in [0.25, 0.3) is 10.9 Å². The lowest BCUT2D eigenvalue weighted by Gasteiger charge is -1.95. The van der Waals surface area contributed by atoms with Crippen molar-refractivity contribution in [1.29, 1.82) is 0 Å². The molecule has 72 valence electrons. The van der Waals surface area contributed by atoms with Crippen LogP contribution >= 0.6 is 11.8 Å². The molecule has 0 aliphatic rings. The Bertz CT molecular complexity index is 493. The second-order valence-corrected chi connectivity index (χ2v) is 3.56. The number of carbonyl (C=O) groups is 1. The number of H-pyrrole nitrogens is 1. The topological polar surface area (TPSA) is 66.0 Å². The standard InChI is InChI=1S/C9H8N2O2S/c1-14-8-5-4-7(9(12)13)11-6(5)2-3-10-8/h2-4,11H,1H3,(H,12,13). The summed E-state index contributed by atoms with van der Waals surface area (Å²) < 4.78 is 0. The van der Waals surface area contributed by atoms with Crippen molar-refractivity contribution in [3.63, 3.8) is 0 Å². The van der Waals surface area contributed by atoms with Gasteiger partial charge in [-0.15, -0.1) is 11.8 Å². The van der Waals surface area contributed by atoms with Gasteiger partial charge in [0.2, 0.25) is 0 Å². The molecule has 0 aliphatic heterocycles. The molecule has 0 spiro atoms. The quantitative estimate of drug-likeness (QED) is 0.740. The first kappa shape index (κ1) is 9.08. The summed E-state index contributed by atoms with van der Waals surface area (Å²) in [4.78, 5) is 17.7. The molecule has 2 heterocycles. The Morgan fingerprint density at radius 3 is 3.07 bits per heavy atom. The van der Waals surface area contributed by atoms with Crippen LogP contribution in [-0.2, 0) is 0 Å². The highest BCUT2D eigenvalue weighted by Gasteiger charge is 2.09. The summed E-state index contributed by atoms with van der Waals surface area (Å²) in [7, 11) is 0. The molecule has 2 aromatic rings. The molecule has 0 atom stereocenters. The third-order valence-electron chi connectivity index (χ3n) is 1.94. The van der Waals surface area contributed by atoms with Gasteiger partial charge in [-0.2, -0.15) is 0 Å². The molecule has 0 radical (unpaired) electrons. The first-order valence-corrected chi connectivity index (χ1v) is 5.20. The molecule has 4 nitrogen and oxygen atoms in total. The Hall–Kier alpha value is -1.49. The Morgan fingerprint density at radius 1 is 1.64 bits per heavy atom. The van der Waals surface area contributed by atoms with Gasteiger partial charge in [0.1, 0.15) is 10.7 Å². The van der Waals surface area contributed by atoms with Crippen LogP contribution in [0.5, 0.6) is 0 Å². The monoisotopic (exact) mass is 208 g/mol. The van der Waals surface area contributed by atoms with Crippen LogP contribution in [0.3, 0.4) is 0 Å².